The van der Waals surface area contributed by atoms with Crippen LogP contribution in [-0.2, 0) is 0 Å². The normalized spacial score (nSPS) is 13.1. The number of hydrogen-bond acceptors (Lipinski definition) is 2. The SMILES string of the molecule is CC[C@H](N)c1ccc(OC(F)(F)C(F)F)cc1.Cl. The number of alkyl halides is 4. The number of rotatable bonds is 5. The van der Waals surface area contributed by atoms with Gasteiger partial charge in [-0.15, -0.1) is 12.4 Å². The fourth-order valence-corrected chi connectivity index (χ4v) is 1.22. The summed E-state index contributed by atoms with van der Waals surface area (Å²) < 4.78 is 52.8. The highest BCUT2D eigenvalue weighted by atomic mass is 35.5. The quantitative estimate of drug-likeness (QED) is 0.837. The molecule has 0 fully saturated rings. The lowest BCUT2D eigenvalue weighted by Crippen LogP contribution is -2.33. The first-order chi connectivity index (χ1) is 7.86. The second-order valence-electron chi connectivity index (χ2n) is 3.55. The topological polar surface area (TPSA) is 35.2 Å². The highest BCUT2D eigenvalue weighted by Crippen LogP contribution is 2.28. The molecule has 2 nitrogen and oxygen atoms in total. The van der Waals surface area contributed by atoms with E-state index in [9.17, 15) is 17.6 Å². The van der Waals surface area contributed by atoms with Crippen LogP contribution in [0.1, 0.15) is 24.9 Å². The molecule has 0 spiro atoms. The van der Waals surface area contributed by atoms with Crippen LogP contribution in [0.2, 0.25) is 0 Å². The molecule has 0 radical (unpaired) electrons. The Morgan fingerprint density at radius 2 is 1.72 bits per heavy atom. The van der Waals surface area contributed by atoms with E-state index in [1.54, 1.807) is 0 Å². The van der Waals surface area contributed by atoms with Crippen LogP contribution < -0.4 is 10.5 Å². The lowest BCUT2D eigenvalue weighted by Gasteiger charge is -2.17. The van der Waals surface area contributed by atoms with Crippen molar-refractivity contribution < 1.29 is 22.3 Å². The van der Waals surface area contributed by atoms with Crippen LogP contribution in [0, 0.1) is 0 Å². The van der Waals surface area contributed by atoms with Gasteiger partial charge < -0.3 is 10.5 Å². The first-order valence-corrected chi connectivity index (χ1v) is 5.07. The van der Waals surface area contributed by atoms with Crippen molar-refractivity contribution in [1.29, 1.82) is 0 Å². The molecule has 1 atom stereocenters. The summed E-state index contributed by atoms with van der Waals surface area (Å²) in [6, 6.07) is 5.14. The van der Waals surface area contributed by atoms with Gasteiger partial charge in [0.05, 0.1) is 0 Å². The molecule has 1 aromatic rings. The van der Waals surface area contributed by atoms with Crippen molar-refractivity contribution >= 4 is 12.4 Å². The minimum Gasteiger partial charge on any atom is -0.428 e. The van der Waals surface area contributed by atoms with Crippen LogP contribution >= 0.6 is 12.4 Å². The molecule has 2 N–H and O–H groups in total. The van der Waals surface area contributed by atoms with E-state index < -0.39 is 12.5 Å². The van der Waals surface area contributed by atoms with Crippen LogP contribution in [0.3, 0.4) is 0 Å². The van der Waals surface area contributed by atoms with E-state index in [0.29, 0.717) is 6.42 Å². The van der Waals surface area contributed by atoms with E-state index >= 15 is 0 Å². The fraction of sp³-hybridized carbons (Fsp3) is 0.455. The van der Waals surface area contributed by atoms with Gasteiger partial charge in [-0.05, 0) is 24.1 Å². The maximum absolute atomic E-state index is 12.6. The molecule has 7 heteroatoms. The van der Waals surface area contributed by atoms with Gasteiger partial charge in [-0.3, -0.25) is 0 Å². The van der Waals surface area contributed by atoms with Crippen LogP contribution in [0.25, 0.3) is 0 Å². The first kappa shape index (κ1) is 17.0. The van der Waals surface area contributed by atoms with Crippen molar-refractivity contribution in [3.8, 4) is 5.75 Å². The molecule has 0 aliphatic rings. The molecule has 0 heterocycles. The molecule has 0 saturated carbocycles. The molecule has 0 bridgehead atoms. The Kier molecular flexibility index (Phi) is 6.42. The maximum atomic E-state index is 12.6. The fourth-order valence-electron chi connectivity index (χ4n) is 1.22. The minimum atomic E-state index is -4.48. The van der Waals surface area contributed by atoms with Crippen molar-refractivity contribution in [2.75, 3.05) is 0 Å². The summed E-state index contributed by atoms with van der Waals surface area (Å²) in [4.78, 5) is 0. The van der Waals surface area contributed by atoms with E-state index in [0.717, 1.165) is 5.56 Å². The van der Waals surface area contributed by atoms with Crippen LogP contribution in [0.15, 0.2) is 24.3 Å². The average Bonchev–Trinajstić information content (AvgIpc) is 2.28. The van der Waals surface area contributed by atoms with Gasteiger partial charge in [0.2, 0.25) is 0 Å². The predicted octanol–water partition coefficient (Wildman–Crippen LogP) is 3.75. The van der Waals surface area contributed by atoms with Gasteiger partial charge in [-0.1, -0.05) is 19.1 Å². The Morgan fingerprint density at radius 1 is 1.22 bits per heavy atom. The van der Waals surface area contributed by atoms with Gasteiger partial charge in [0.15, 0.2) is 0 Å². The van der Waals surface area contributed by atoms with Gasteiger partial charge in [0, 0.05) is 6.04 Å². The summed E-state index contributed by atoms with van der Waals surface area (Å²) in [5.41, 5.74) is 6.45. The Balaban J connectivity index is 0.00000289. The van der Waals surface area contributed by atoms with Crippen LogP contribution in [0.4, 0.5) is 17.6 Å². The zero-order chi connectivity index (χ0) is 13.1. The summed E-state index contributed by atoms with van der Waals surface area (Å²) in [6.07, 6.45) is -7.65. The Bertz CT molecular complexity index is 359. The molecule has 18 heavy (non-hydrogen) atoms. The van der Waals surface area contributed by atoms with Gasteiger partial charge in [-0.25, -0.2) is 0 Å². The summed E-state index contributed by atoms with van der Waals surface area (Å²) in [6.45, 7) is 1.88. The largest absolute Gasteiger partial charge is 0.461 e. The second-order valence-corrected chi connectivity index (χ2v) is 3.55. The molecule has 0 aromatic heterocycles. The van der Waals surface area contributed by atoms with Crippen molar-refractivity contribution in [1.82, 2.24) is 0 Å². The third-order valence-corrected chi connectivity index (χ3v) is 2.26. The third kappa shape index (κ3) is 4.34. The first-order valence-electron chi connectivity index (χ1n) is 5.07. The van der Waals surface area contributed by atoms with Gasteiger partial charge in [0.1, 0.15) is 5.75 Å². The number of hydrogen-bond donors (Lipinski definition) is 1. The van der Waals surface area contributed by atoms with Crippen molar-refractivity contribution in [2.45, 2.75) is 31.9 Å². The zero-order valence-electron chi connectivity index (χ0n) is 9.58. The number of halogens is 5. The standard InChI is InChI=1S/C11H13F4NO.ClH/c1-2-9(16)7-3-5-8(6-4-7)17-11(14,15)10(12)13;/h3-6,9-10H,2,16H2,1H3;1H/t9-;/m0./s1. The van der Waals surface area contributed by atoms with Crippen LogP contribution in [0.5, 0.6) is 5.75 Å². The number of benzene rings is 1. The van der Waals surface area contributed by atoms with Crippen molar-refractivity contribution in [2.24, 2.45) is 5.73 Å². The molecule has 0 aliphatic carbocycles. The van der Waals surface area contributed by atoms with E-state index in [2.05, 4.69) is 4.74 Å². The third-order valence-electron chi connectivity index (χ3n) is 2.26. The monoisotopic (exact) mass is 287 g/mol. The van der Waals surface area contributed by atoms with E-state index in [-0.39, 0.29) is 24.2 Å². The van der Waals surface area contributed by atoms with Crippen molar-refractivity contribution in [3.63, 3.8) is 0 Å². The van der Waals surface area contributed by atoms with Crippen molar-refractivity contribution in [3.05, 3.63) is 29.8 Å². The molecular formula is C11H14ClF4NO. The number of ether oxygens (including phenoxy) is 1. The second kappa shape index (κ2) is 6.80. The lowest BCUT2D eigenvalue weighted by molar-refractivity contribution is -0.253. The van der Waals surface area contributed by atoms with E-state index in [1.165, 1.54) is 24.3 Å². The highest BCUT2D eigenvalue weighted by Gasteiger charge is 2.43. The molecule has 0 amide bonds. The van der Waals surface area contributed by atoms with E-state index in [1.807, 2.05) is 6.92 Å². The average molecular weight is 288 g/mol. The molecule has 1 rings (SSSR count). The maximum Gasteiger partial charge on any atom is 0.461 e. The molecule has 104 valence electrons. The van der Waals surface area contributed by atoms with Gasteiger partial charge in [0.25, 0.3) is 0 Å². The van der Waals surface area contributed by atoms with Crippen LogP contribution in [-0.4, -0.2) is 12.5 Å². The Morgan fingerprint density at radius 3 is 2.11 bits per heavy atom. The minimum absolute atomic E-state index is 0. The zero-order valence-corrected chi connectivity index (χ0v) is 10.4. The molecular weight excluding hydrogens is 274 g/mol. The van der Waals surface area contributed by atoms with Gasteiger partial charge in [-0.2, -0.15) is 17.6 Å². The Labute approximate surface area is 109 Å². The lowest BCUT2D eigenvalue weighted by atomic mass is 10.1. The van der Waals surface area contributed by atoms with E-state index in [4.69, 9.17) is 5.73 Å². The molecule has 0 saturated heterocycles. The molecule has 1 aromatic carbocycles. The summed E-state index contributed by atoms with van der Waals surface area (Å²) >= 11 is 0. The van der Waals surface area contributed by atoms with Gasteiger partial charge >= 0.3 is 12.5 Å². The Hall–Kier alpha value is -1.01. The summed E-state index contributed by atoms with van der Waals surface area (Å²) in [5, 5.41) is 0. The predicted molar refractivity (Wildman–Crippen MR) is 62.5 cm³/mol. The number of nitrogens with two attached hydrogens (primary N) is 1. The molecule has 0 unspecified atom stereocenters. The summed E-state index contributed by atoms with van der Waals surface area (Å²) in [5.74, 6) is -0.317. The highest BCUT2D eigenvalue weighted by molar-refractivity contribution is 5.85. The molecule has 0 aliphatic heterocycles. The summed E-state index contributed by atoms with van der Waals surface area (Å²) in [7, 11) is 0. The smallest absolute Gasteiger partial charge is 0.428 e.